The SMILES string of the molecule is CCC(CO)NC(=O)CNC(=O)c1ccc(Cl)cc1. The lowest BCUT2D eigenvalue weighted by Crippen LogP contribution is -2.43. The highest BCUT2D eigenvalue weighted by atomic mass is 35.5. The van der Waals surface area contributed by atoms with E-state index in [0.717, 1.165) is 0 Å². The summed E-state index contributed by atoms with van der Waals surface area (Å²) in [5.41, 5.74) is 0.436. The zero-order valence-electron chi connectivity index (χ0n) is 10.6. The van der Waals surface area contributed by atoms with Crippen LogP contribution in [0.15, 0.2) is 24.3 Å². The molecule has 0 aliphatic carbocycles. The summed E-state index contributed by atoms with van der Waals surface area (Å²) >= 11 is 5.71. The minimum absolute atomic E-state index is 0.118. The molecule has 0 radical (unpaired) electrons. The van der Waals surface area contributed by atoms with E-state index in [1.54, 1.807) is 24.3 Å². The van der Waals surface area contributed by atoms with Gasteiger partial charge in [-0.2, -0.15) is 0 Å². The summed E-state index contributed by atoms with van der Waals surface area (Å²) < 4.78 is 0. The topological polar surface area (TPSA) is 78.4 Å². The Balaban J connectivity index is 2.41. The van der Waals surface area contributed by atoms with Crippen LogP contribution in [-0.4, -0.2) is 36.1 Å². The molecule has 3 N–H and O–H groups in total. The molecular weight excluding hydrogens is 268 g/mol. The number of nitrogens with one attached hydrogen (secondary N) is 2. The first-order valence-corrected chi connectivity index (χ1v) is 6.38. The minimum atomic E-state index is -0.344. The Kier molecular flexibility index (Phi) is 6.32. The predicted molar refractivity (Wildman–Crippen MR) is 73.1 cm³/mol. The van der Waals surface area contributed by atoms with Crippen molar-refractivity contribution in [1.29, 1.82) is 0 Å². The number of aliphatic hydroxyl groups is 1. The molecular formula is C13H17ClN2O3. The average Bonchev–Trinajstić information content (AvgIpc) is 2.43. The fraction of sp³-hybridized carbons (Fsp3) is 0.385. The summed E-state index contributed by atoms with van der Waals surface area (Å²) in [6.07, 6.45) is 0.632. The molecule has 1 unspecified atom stereocenters. The first-order chi connectivity index (χ1) is 9.06. The van der Waals surface area contributed by atoms with Gasteiger partial charge in [0.25, 0.3) is 5.91 Å². The van der Waals surface area contributed by atoms with Gasteiger partial charge in [-0.3, -0.25) is 9.59 Å². The monoisotopic (exact) mass is 284 g/mol. The zero-order valence-corrected chi connectivity index (χ0v) is 11.4. The number of carbonyl (C=O) groups excluding carboxylic acids is 2. The molecule has 0 spiro atoms. The standard InChI is InChI=1S/C13H17ClN2O3/c1-2-11(8-17)16-12(18)7-15-13(19)9-3-5-10(14)6-4-9/h3-6,11,17H,2,7-8H2,1H3,(H,15,19)(H,16,18). The fourth-order valence-corrected chi connectivity index (χ4v) is 1.55. The fourth-order valence-electron chi connectivity index (χ4n) is 1.42. The second kappa shape index (κ2) is 7.76. The number of rotatable bonds is 6. The van der Waals surface area contributed by atoms with Crippen molar-refractivity contribution in [2.45, 2.75) is 19.4 Å². The largest absolute Gasteiger partial charge is 0.394 e. The van der Waals surface area contributed by atoms with Gasteiger partial charge in [0.15, 0.2) is 0 Å². The van der Waals surface area contributed by atoms with Gasteiger partial charge >= 0.3 is 0 Å². The van der Waals surface area contributed by atoms with Gasteiger partial charge in [-0.1, -0.05) is 18.5 Å². The van der Waals surface area contributed by atoms with Crippen LogP contribution in [0, 0.1) is 0 Å². The van der Waals surface area contributed by atoms with Crippen LogP contribution in [-0.2, 0) is 4.79 Å². The van der Waals surface area contributed by atoms with E-state index in [1.807, 2.05) is 6.92 Å². The van der Waals surface area contributed by atoms with Gasteiger partial charge in [-0.25, -0.2) is 0 Å². The Morgan fingerprint density at radius 2 is 1.95 bits per heavy atom. The number of aliphatic hydroxyl groups excluding tert-OH is 1. The number of halogens is 1. The molecule has 1 aromatic carbocycles. The maximum absolute atomic E-state index is 11.7. The van der Waals surface area contributed by atoms with Crippen LogP contribution >= 0.6 is 11.6 Å². The van der Waals surface area contributed by atoms with E-state index >= 15 is 0 Å². The van der Waals surface area contributed by atoms with E-state index in [0.29, 0.717) is 17.0 Å². The van der Waals surface area contributed by atoms with Gasteiger partial charge in [0.05, 0.1) is 19.2 Å². The lowest BCUT2D eigenvalue weighted by atomic mass is 10.2. The summed E-state index contributed by atoms with van der Waals surface area (Å²) in [5, 5.41) is 14.6. The summed E-state index contributed by atoms with van der Waals surface area (Å²) in [6.45, 7) is 1.61. The minimum Gasteiger partial charge on any atom is -0.394 e. The van der Waals surface area contributed by atoms with Crippen molar-refractivity contribution in [3.8, 4) is 0 Å². The number of hydrogen-bond acceptors (Lipinski definition) is 3. The lowest BCUT2D eigenvalue weighted by Gasteiger charge is -2.14. The Hall–Kier alpha value is -1.59. The number of carbonyl (C=O) groups is 2. The quantitative estimate of drug-likeness (QED) is 0.728. The number of amides is 2. The van der Waals surface area contributed by atoms with E-state index in [9.17, 15) is 9.59 Å². The predicted octanol–water partition coefficient (Wildman–Crippen LogP) is 0.957. The van der Waals surface area contributed by atoms with Crippen molar-refractivity contribution in [1.82, 2.24) is 10.6 Å². The summed E-state index contributed by atoms with van der Waals surface area (Å²) in [6, 6.07) is 6.10. The molecule has 1 atom stereocenters. The van der Waals surface area contributed by atoms with Crippen molar-refractivity contribution in [3.05, 3.63) is 34.9 Å². The molecule has 2 amide bonds. The summed E-state index contributed by atoms with van der Waals surface area (Å²) in [7, 11) is 0. The first-order valence-electron chi connectivity index (χ1n) is 6.00. The highest BCUT2D eigenvalue weighted by molar-refractivity contribution is 6.30. The van der Waals surface area contributed by atoms with Gasteiger partial charge in [0.2, 0.25) is 5.91 Å². The molecule has 0 saturated carbocycles. The smallest absolute Gasteiger partial charge is 0.251 e. The van der Waals surface area contributed by atoms with Crippen molar-refractivity contribution >= 4 is 23.4 Å². The highest BCUT2D eigenvalue weighted by Gasteiger charge is 2.11. The Morgan fingerprint density at radius 3 is 2.47 bits per heavy atom. The molecule has 0 saturated heterocycles. The van der Waals surface area contributed by atoms with E-state index in [2.05, 4.69) is 10.6 Å². The Bertz CT molecular complexity index is 430. The third kappa shape index (κ3) is 5.28. The molecule has 0 bridgehead atoms. The molecule has 1 rings (SSSR count). The molecule has 0 aliphatic rings. The average molecular weight is 285 g/mol. The normalized spacial score (nSPS) is 11.7. The van der Waals surface area contributed by atoms with Crippen LogP contribution in [0.25, 0.3) is 0 Å². The number of hydrogen-bond donors (Lipinski definition) is 3. The van der Waals surface area contributed by atoms with Crippen molar-refractivity contribution in [2.75, 3.05) is 13.2 Å². The van der Waals surface area contributed by atoms with E-state index < -0.39 is 0 Å². The van der Waals surface area contributed by atoms with Crippen molar-refractivity contribution in [2.24, 2.45) is 0 Å². The summed E-state index contributed by atoms with van der Waals surface area (Å²) in [4.78, 5) is 23.2. The van der Waals surface area contributed by atoms with Gasteiger partial charge in [0.1, 0.15) is 0 Å². The van der Waals surface area contributed by atoms with Crippen LogP contribution < -0.4 is 10.6 Å². The molecule has 0 heterocycles. The molecule has 19 heavy (non-hydrogen) atoms. The zero-order chi connectivity index (χ0) is 14.3. The molecule has 5 nitrogen and oxygen atoms in total. The van der Waals surface area contributed by atoms with Gasteiger partial charge in [-0.05, 0) is 30.7 Å². The highest BCUT2D eigenvalue weighted by Crippen LogP contribution is 2.09. The van der Waals surface area contributed by atoms with Gasteiger partial charge in [0, 0.05) is 10.6 Å². The summed E-state index contributed by atoms with van der Waals surface area (Å²) in [5.74, 6) is -0.674. The van der Waals surface area contributed by atoms with Gasteiger partial charge in [-0.15, -0.1) is 0 Å². The molecule has 0 aliphatic heterocycles. The third-order valence-corrected chi connectivity index (χ3v) is 2.85. The molecule has 0 fully saturated rings. The Morgan fingerprint density at radius 1 is 1.32 bits per heavy atom. The molecule has 104 valence electrons. The number of benzene rings is 1. The third-order valence-electron chi connectivity index (χ3n) is 2.59. The molecule has 0 aromatic heterocycles. The van der Waals surface area contributed by atoms with Crippen LogP contribution in [0.2, 0.25) is 5.02 Å². The van der Waals surface area contributed by atoms with E-state index in [-0.39, 0.29) is 31.0 Å². The van der Waals surface area contributed by atoms with Crippen molar-refractivity contribution in [3.63, 3.8) is 0 Å². The van der Waals surface area contributed by atoms with Crippen molar-refractivity contribution < 1.29 is 14.7 Å². The van der Waals surface area contributed by atoms with Crippen LogP contribution in [0.4, 0.5) is 0 Å². The van der Waals surface area contributed by atoms with Crippen LogP contribution in [0.3, 0.4) is 0 Å². The van der Waals surface area contributed by atoms with Gasteiger partial charge < -0.3 is 15.7 Å². The first kappa shape index (κ1) is 15.5. The second-order valence-corrected chi connectivity index (χ2v) is 4.48. The molecule has 6 heteroatoms. The van der Waals surface area contributed by atoms with E-state index in [1.165, 1.54) is 0 Å². The maximum Gasteiger partial charge on any atom is 0.251 e. The van der Waals surface area contributed by atoms with Crippen LogP contribution in [0.5, 0.6) is 0 Å². The van der Waals surface area contributed by atoms with Crippen LogP contribution in [0.1, 0.15) is 23.7 Å². The second-order valence-electron chi connectivity index (χ2n) is 4.04. The Labute approximate surface area is 117 Å². The molecule has 1 aromatic rings. The van der Waals surface area contributed by atoms with E-state index in [4.69, 9.17) is 16.7 Å². The lowest BCUT2D eigenvalue weighted by molar-refractivity contribution is -0.121. The maximum atomic E-state index is 11.7.